The Morgan fingerprint density at radius 3 is 2.95 bits per heavy atom. The minimum absolute atomic E-state index is 0.632. The Bertz CT molecular complexity index is 561. The van der Waals surface area contributed by atoms with E-state index in [4.69, 9.17) is 9.15 Å². The smallest absolute Gasteiger partial charge is 0.162 e. The fourth-order valence-electron chi connectivity index (χ4n) is 2.64. The van der Waals surface area contributed by atoms with Gasteiger partial charge in [-0.1, -0.05) is 0 Å². The van der Waals surface area contributed by atoms with E-state index in [2.05, 4.69) is 9.88 Å². The van der Waals surface area contributed by atoms with Crippen molar-refractivity contribution in [3.8, 4) is 10.8 Å². The summed E-state index contributed by atoms with van der Waals surface area (Å²) in [6, 6.07) is 3.78. The quantitative estimate of drug-likeness (QED) is 0.919. The summed E-state index contributed by atoms with van der Waals surface area (Å²) in [6.07, 6.45) is 3.06. The second-order valence-corrected chi connectivity index (χ2v) is 6.49. The number of hydrogen-bond acceptors (Lipinski definition) is 6. The summed E-state index contributed by atoms with van der Waals surface area (Å²) in [5.41, 5.74) is 0.372. The molecule has 3 heterocycles. The van der Waals surface area contributed by atoms with Gasteiger partial charge in [-0.2, -0.15) is 0 Å². The summed E-state index contributed by atoms with van der Waals surface area (Å²) < 4.78 is 10.7. The molecular formula is C15H20N2O3S. The fraction of sp³-hybridized carbons (Fsp3) is 0.533. The van der Waals surface area contributed by atoms with Crippen molar-refractivity contribution in [1.29, 1.82) is 0 Å². The van der Waals surface area contributed by atoms with E-state index in [1.165, 1.54) is 0 Å². The van der Waals surface area contributed by atoms with E-state index in [9.17, 15) is 5.11 Å². The van der Waals surface area contributed by atoms with Gasteiger partial charge in [0, 0.05) is 44.5 Å². The Morgan fingerprint density at radius 1 is 1.43 bits per heavy atom. The van der Waals surface area contributed by atoms with Gasteiger partial charge < -0.3 is 14.3 Å². The molecule has 0 atom stereocenters. The zero-order valence-electron chi connectivity index (χ0n) is 12.1. The van der Waals surface area contributed by atoms with E-state index in [1.807, 2.05) is 24.6 Å². The fourth-order valence-corrected chi connectivity index (χ4v) is 3.41. The zero-order valence-corrected chi connectivity index (χ0v) is 12.9. The molecule has 1 fully saturated rings. The van der Waals surface area contributed by atoms with Crippen LogP contribution in [0.5, 0.6) is 0 Å². The van der Waals surface area contributed by atoms with Crippen molar-refractivity contribution in [2.45, 2.75) is 25.0 Å². The minimum atomic E-state index is -0.632. The Morgan fingerprint density at radius 2 is 2.24 bits per heavy atom. The number of furan rings is 1. The molecule has 1 saturated heterocycles. The first kappa shape index (κ1) is 14.7. The van der Waals surface area contributed by atoms with Crippen molar-refractivity contribution in [3.05, 3.63) is 29.5 Å². The molecule has 0 amide bonds. The number of ether oxygens (including phenoxy) is 1. The van der Waals surface area contributed by atoms with Crippen LogP contribution in [-0.2, 0) is 11.3 Å². The number of hydrogen-bond donors (Lipinski definition) is 1. The molecule has 0 spiro atoms. The molecule has 6 heteroatoms. The first-order valence-corrected chi connectivity index (χ1v) is 8.00. The summed E-state index contributed by atoms with van der Waals surface area (Å²) in [7, 11) is 2.01. The lowest BCUT2D eigenvalue weighted by Crippen LogP contribution is -2.45. The van der Waals surface area contributed by atoms with E-state index in [-0.39, 0.29) is 0 Å². The highest BCUT2D eigenvalue weighted by Crippen LogP contribution is 2.25. The van der Waals surface area contributed by atoms with Crippen LogP contribution in [0.1, 0.15) is 18.5 Å². The van der Waals surface area contributed by atoms with Crippen LogP contribution >= 0.6 is 11.3 Å². The van der Waals surface area contributed by atoms with Crippen LogP contribution in [0.25, 0.3) is 10.8 Å². The lowest BCUT2D eigenvalue weighted by Gasteiger charge is -2.35. The normalized spacial score (nSPS) is 18.2. The molecule has 0 saturated carbocycles. The first-order valence-electron chi connectivity index (χ1n) is 7.12. The van der Waals surface area contributed by atoms with Gasteiger partial charge in [0.05, 0.1) is 17.6 Å². The lowest BCUT2D eigenvalue weighted by molar-refractivity contribution is -0.0778. The average Bonchev–Trinajstić information content (AvgIpc) is 3.08. The van der Waals surface area contributed by atoms with E-state index in [1.54, 1.807) is 17.6 Å². The van der Waals surface area contributed by atoms with Crippen LogP contribution in [0.4, 0.5) is 0 Å². The highest BCUT2D eigenvalue weighted by atomic mass is 32.1. The number of aromatic nitrogens is 1. The third-order valence-corrected chi connectivity index (χ3v) is 4.61. The summed E-state index contributed by atoms with van der Waals surface area (Å²) in [5.74, 6) is 0.803. The molecule has 3 rings (SSSR count). The third kappa shape index (κ3) is 3.71. The zero-order chi connectivity index (χ0) is 14.7. The van der Waals surface area contributed by atoms with E-state index >= 15 is 0 Å². The molecule has 1 aliphatic heterocycles. The molecule has 1 N–H and O–H groups in total. The summed E-state index contributed by atoms with van der Waals surface area (Å²) in [4.78, 5) is 6.70. The van der Waals surface area contributed by atoms with Crippen LogP contribution in [0, 0.1) is 0 Å². The number of aliphatic hydroxyl groups is 1. The number of thiazole rings is 1. The van der Waals surface area contributed by atoms with Crippen LogP contribution in [0.2, 0.25) is 0 Å². The summed E-state index contributed by atoms with van der Waals surface area (Å²) in [6.45, 7) is 2.65. The standard InChI is InChI=1S/C15H20N2O3S/c1-17(11-15(18)4-7-19-8-5-15)9-12-10-21-14(16-12)13-3-2-6-20-13/h2-3,6,10,18H,4-5,7-9,11H2,1H3. The van der Waals surface area contributed by atoms with Gasteiger partial charge in [0.2, 0.25) is 0 Å². The maximum Gasteiger partial charge on any atom is 0.162 e. The SMILES string of the molecule is CN(Cc1csc(-c2ccco2)n1)CC1(O)CCOCC1. The number of likely N-dealkylation sites (N-methyl/N-ethyl adjacent to an activating group) is 1. The van der Waals surface area contributed by atoms with Gasteiger partial charge in [-0.15, -0.1) is 11.3 Å². The molecule has 5 nitrogen and oxygen atoms in total. The van der Waals surface area contributed by atoms with Gasteiger partial charge in [0.25, 0.3) is 0 Å². The maximum atomic E-state index is 10.5. The largest absolute Gasteiger partial charge is 0.462 e. The first-order chi connectivity index (χ1) is 10.1. The van der Waals surface area contributed by atoms with Gasteiger partial charge in [-0.3, -0.25) is 4.90 Å². The Labute approximate surface area is 128 Å². The minimum Gasteiger partial charge on any atom is -0.462 e. The molecule has 0 bridgehead atoms. The van der Waals surface area contributed by atoms with Gasteiger partial charge >= 0.3 is 0 Å². The van der Waals surface area contributed by atoms with E-state index < -0.39 is 5.60 Å². The summed E-state index contributed by atoms with van der Waals surface area (Å²) >= 11 is 1.58. The topological polar surface area (TPSA) is 58.7 Å². The predicted molar refractivity (Wildman–Crippen MR) is 81.2 cm³/mol. The Hall–Kier alpha value is -1.21. The van der Waals surface area contributed by atoms with Crippen molar-refractivity contribution in [2.24, 2.45) is 0 Å². The number of rotatable bonds is 5. The van der Waals surface area contributed by atoms with E-state index in [0.717, 1.165) is 23.0 Å². The molecule has 2 aromatic heterocycles. The molecule has 0 aromatic carbocycles. The number of nitrogens with zero attached hydrogens (tertiary/aromatic N) is 2. The van der Waals surface area contributed by atoms with Crippen LogP contribution in [-0.4, -0.2) is 47.4 Å². The predicted octanol–water partition coefficient (Wildman–Crippen LogP) is 2.38. The highest BCUT2D eigenvalue weighted by molar-refractivity contribution is 7.13. The molecule has 1 aliphatic rings. The van der Waals surface area contributed by atoms with Gasteiger partial charge in [0.15, 0.2) is 10.8 Å². The van der Waals surface area contributed by atoms with Gasteiger partial charge in [0.1, 0.15) is 0 Å². The Kier molecular flexibility index (Phi) is 4.40. The highest BCUT2D eigenvalue weighted by Gasteiger charge is 2.31. The van der Waals surface area contributed by atoms with Gasteiger partial charge in [-0.25, -0.2) is 4.98 Å². The Balaban J connectivity index is 1.58. The van der Waals surface area contributed by atoms with Crippen molar-refractivity contribution >= 4 is 11.3 Å². The maximum absolute atomic E-state index is 10.5. The monoisotopic (exact) mass is 308 g/mol. The molecule has 21 heavy (non-hydrogen) atoms. The van der Waals surface area contributed by atoms with Gasteiger partial charge in [-0.05, 0) is 19.2 Å². The molecule has 0 unspecified atom stereocenters. The van der Waals surface area contributed by atoms with Crippen molar-refractivity contribution in [1.82, 2.24) is 9.88 Å². The van der Waals surface area contributed by atoms with E-state index in [0.29, 0.717) is 32.6 Å². The average molecular weight is 308 g/mol. The van der Waals surface area contributed by atoms with Crippen molar-refractivity contribution in [3.63, 3.8) is 0 Å². The molecular weight excluding hydrogens is 288 g/mol. The molecule has 2 aromatic rings. The van der Waals surface area contributed by atoms with Crippen LogP contribution < -0.4 is 0 Å². The lowest BCUT2D eigenvalue weighted by atomic mass is 9.94. The molecule has 114 valence electrons. The van der Waals surface area contributed by atoms with Crippen LogP contribution in [0.3, 0.4) is 0 Å². The second-order valence-electron chi connectivity index (χ2n) is 5.63. The molecule has 0 aliphatic carbocycles. The third-order valence-electron chi connectivity index (χ3n) is 3.70. The van der Waals surface area contributed by atoms with Crippen molar-refractivity contribution < 1.29 is 14.3 Å². The second kappa shape index (κ2) is 6.27. The van der Waals surface area contributed by atoms with Crippen molar-refractivity contribution in [2.75, 3.05) is 26.8 Å². The summed E-state index contributed by atoms with van der Waals surface area (Å²) in [5, 5.41) is 13.5. The molecule has 0 radical (unpaired) electrons. The van der Waals surface area contributed by atoms with Crippen LogP contribution in [0.15, 0.2) is 28.2 Å².